The van der Waals surface area contributed by atoms with Crippen LogP contribution in [0.3, 0.4) is 0 Å². The zero-order valence-electron chi connectivity index (χ0n) is 15.3. The summed E-state index contributed by atoms with van der Waals surface area (Å²) in [4.78, 5) is 1.16. The average molecular weight is 445 g/mol. The van der Waals surface area contributed by atoms with Gasteiger partial charge in [-0.3, -0.25) is 0 Å². The van der Waals surface area contributed by atoms with E-state index in [1.807, 2.05) is 62.4 Å². The molecule has 0 radical (unpaired) electrons. The standard InChI is InChI=1S/C22H18Cl2N2S2/c1-13-3-7-15(8-4-13)21(27)25-19-11-18(24)20(12-17(19)23)26-22(28)16-9-5-14(2)6-10-16/h3-12H,1-2H3,(H,25,27)(H,26,28). The minimum atomic E-state index is 0.494. The summed E-state index contributed by atoms with van der Waals surface area (Å²) in [5, 5.41) is 7.31. The smallest absolute Gasteiger partial charge is 0.111 e. The Morgan fingerprint density at radius 3 is 1.29 bits per heavy atom. The Balaban J connectivity index is 1.76. The second-order valence-electron chi connectivity index (χ2n) is 6.45. The molecule has 142 valence electrons. The molecule has 0 saturated heterocycles. The van der Waals surface area contributed by atoms with Crippen molar-refractivity contribution in [2.75, 3.05) is 10.6 Å². The molecule has 3 aromatic carbocycles. The highest BCUT2D eigenvalue weighted by atomic mass is 35.5. The van der Waals surface area contributed by atoms with E-state index in [-0.39, 0.29) is 0 Å². The van der Waals surface area contributed by atoms with Gasteiger partial charge in [0.2, 0.25) is 0 Å². The monoisotopic (exact) mass is 444 g/mol. The molecule has 0 aromatic heterocycles. The van der Waals surface area contributed by atoms with Gasteiger partial charge in [-0.25, -0.2) is 0 Å². The van der Waals surface area contributed by atoms with E-state index in [0.717, 1.165) is 11.1 Å². The quantitative estimate of drug-likeness (QED) is 0.415. The van der Waals surface area contributed by atoms with Crippen LogP contribution in [0.5, 0.6) is 0 Å². The maximum Gasteiger partial charge on any atom is 0.111 e. The molecule has 0 saturated carbocycles. The number of aryl methyl sites for hydroxylation is 2. The van der Waals surface area contributed by atoms with Crippen LogP contribution in [0, 0.1) is 13.8 Å². The van der Waals surface area contributed by atoms with Crippen LogP contribution in [-0.4, -0.2) is 9.98 Å². The number of hydrogen-bond donors (Lipinski definition) is 2. The Morgan fingerprint density at radius 2 is 0.964 bits per heavy atom. The molecule has 0 bridgehead atoms. The van der Waals surface area contributed by atoms with Crippen LogP contribution in [0.1, 0.15) is 22.3 Å². The van der Waals surface area contributed by atoms with Gasteiger partial charge < -0.3 is 10.6 Å². The Labute approximate surface area is 185 Å². The van der Waals surface area contributed by atoms with Crippen molar-refractivity contribution >= 4 is 69.0 Å². The second kappa shape index (κ2) is 9.01. The molecule has 0 amide bonds. The van der Waals surface area contributed by atoms with Gasteiger partial charge >= 0.3 is 0 Å². The van der Waals surface area contributed by atoms with Crippen molar-refractivity contribution in [3.8, 4) is 0 Å². The normalized spacial score (nSPS) is 10.4. The van der Waals surface area contributed by atoms with E-state index in [1.165, 1.54) is 11.1 Å². The van der Waals surface area contributed by atoms with Crippen LogP contribution < -0.4 is 10.6 Å². The van der Waals surface area contributed by atoms with E-state index in [2.05, 4.69) is 10.6 Å². The van der Waals surface area contributed by atoms with Crippen LogP contribution in [0.25, 0.3) is 0 Å². The maximum absolute atomic E-state index is 6.44. The van der Waals surface area contributed by atoms with Gasteiger partial charge in [-0.2, -0.15) is 0 Å². The third-order valence-electron chi connectivity index (χ3n) is 4.18. The number of nitrogens with one attached hydrogen (secondary N) is 2. The molecule has 0 fully saturated rings. The number of rotatable bonds is 4. The number of hydrogen-bond acceptors (Lipinski definition) is 2. The third kappa shape index (κ3) is 5.09. The molecule has 0 atom stereocenters. The molecule has 2 nitrogen and oxygen atoms in total. The summed E-state index contributed by atoms with van der Waals surface area (Å²) in [7, 11) is 0. The van der Waals surface area contributed by atoms with Crippen LogP contribution in [-0.2, 0) is 0 Å². The van der Waals surface area contributed by atoms with Crippen molar-refractivity contribution in [2.24, 2.45) is 0 Å². The highest BCUT2D eigenvalue weighted by Crippen LogP contribution is 2.33. The minimum absolute atomic E-state index is 0.494. The SMILES string of the molecule is Cc1ccc(C(=S)Nc2cc(Cl)c(NC(=S)c3ccc(C)cc3)cc2Cl)cc1. The molecule has 3 aromatic rings. The van der Waals surface area contributed by atoms with Crippen molar-refractivity contribution in [2.45, 2.75) is 13.8 Å². The second-order valence-corrected chi connectivity index (χ2v) is 8.08. The van der Waals surface area contributed by atoms with Gasteiger partial charge in [0.15, 0.2) is 0 Å². The van der Waals surface area contributed by atoms with E-state index in [1.54, 1.807) is 12.1 Å². The lowest BCUT2D eigenvalue weighted by molar-refractivity contribution is 1.46. The first-order valence-electron chi connectivity index (χ1n) is 8.58. The predicted octanol–water partition coefficient (Wildman–Crippen LogP) is 7.19. The Kier molecular flexibility index (Phi) is 6.68. The van der Waals surface area contributed by atoms with E-state index < -0.39 is 0 Å². The minimum Gasteiger partial charge on any atom is -0.345 e. The van der Waals surface area contributed by atoms with E-state index in [9.17, 15) is 0 Å². The average Bonchev–Trinajstić information content (AvgIpc) is 2.66. The van der Waals surface area contributed by atoms with Crippen LogP contribution in [0.2, 0.25) is 10.0 Å². The van der Waals surface area contributed by atoms with E-state index in [4.69, 9.17) is 47.6 Å². The summed E-state index contributed by atoms with van der Waals surface area (Å²) >= 11 is 23.8. The first-order valence-corrected chi connectivity index (χ1v) is 10.2. The Hall–Kier alpha value is -1.98. The highest BCUT2D eigenvalue weighted by Gasteiger charge is 2.11. The van der Waals surface area contributed by atoms with Gasteiger partial charge in [-0.15, -0.1) is 0 Å². The number of benzene rings is 3. The summed E-state index contributed by atoms with van der Waals surface area (Å²) in [6, 6.07) is 19.4. The van der Waals surface area contributed by atoms with Crippen molar-refractivity contribution in [3.63, 3.8) is 0 Å². The van der Waals surface area contributed by atoms with Crippen LogP contribution >= 0.6 is 47.6 Å². The van der Waals surface area contributed by atoms with Gasteiger partial charge in [0, 0.05) is 11.1 Å². The van der Waals surface area contributed by atoms with Gasteiger partial charge in [0.05, 0.1) is 21.4 Å². The van der Waals surface area contributed by atoms with Gasteiger partial charge in [0.25, 0.3) is 0 Å². The number of halogens is 2. The maximum atomic E-state index is 6.44. The lowest BCUT2D eigenvalue weighted by Crippen LogP contribution is -2.13. The largest absolute Gasteiger partial charge is 0.345 e. The topological polar surface area (TPSA) is 24.1 Å². The zero-order valence-corrected chi connectivity index (χ0v) is 18.5. The molecule has 0 aliphatic rings. The molecule has 0 unspecified atom stereocenters. The summed E-state index contributed by atoms with van der Waals surface area (Å²) < 4.78 is 0. The van der Waals surface area contributed by atoms with Gasteiger partial charge in [-0.1, -0.05) is 107 Å². The van der Waals surface area contributed by atoms with Crippen LogP contribution in [0.15, 0.2) is 60.7 Å². The summed E-state index contributed by atoms with van der Waals surface area (Å²) in [6.07, 6.45) is 0. The van der Waals surface area contributed by atoms with Crippen molar-refractivity contribution in [1.82, 2.24) is 0 Å². The fourth-order valence-electron chi connectivity index (χ4n) is 2.54. The lowest BCUT2D eigenvalue weighted by atomic mass is 10.1. The Bertz CT molecular complexity index is 944. The molecule has 0 aliphatic carbocycles. The molecule has 6 heteroatoms. The molecule has 3 rings (SSSR count). The summed E-state index contributed by atoms with van der Waals surface area (Å²) in [5.74, 6) is 0. The molecule has 0 heterocycles. The molecule has 28 heavy (non-hydrogen) atoms. The molecule has 2 N–H and O–H groups in total. The fourth-order valence-corrected chi connectivity index (χ4v) is 3.45. The molecule has 0 spiro atoms. The lowest BCUT2D eigenvalue weighted by Gasteiger charge is -2.15. The predicted molar refractivity (Wildman–Crippen MR) is 129 cm³/mol. The van der Waals surface area contributed by atoms with Gasteiger partial charge in [0.1, 0.15) is 9.98 Å². The van der Waals surface area contributed by atoms with E-state index in [0.29, 0.717) is 31.4 Å². The zero-order chi connectivity index (χ0) is 20.3. The van der Waals surface area contributed by atoms with Crippen LogP contribution in [0.4, 0.5) is 11.4 Å². The van der Waals surface area contributed by atoms with Crippen molar-refractivity contribution < 1.29 is 0 Å². The molecular weight excluding hydrogens is 427 g/mol. The highest BCUT2D eigenvalue weighted by molar-refractivity contribution is 7.81. The first-order chi connectivity index (χ1) is 13.3. The summed E-state index contributed by atoms with van der Waals surface area (Å²) in [5.41, 5.74) is 5.46. The first kappa shape index (κ1) is 20.7. The summed E-state index contributed by atoms with van der Waals surface area (Å²) in [6.45, 7) is 4.06. The van der Waals surface area contributed by atoms with Gasteiger partial charge in [-0.05, 0) is 26.0 Å². The van der Waals surface area contributed by atoms with Crippen molar-refractivity contribution in [1.29, 1.82) is 0 Å². The molecule has 0 aliphatic heterocycles. The Morgan fingerprint density at radius 1 is 0.643 bits per heavy atom. The number of anilines is 2. The third-order valence-corrected chi connectivity index (χ3v) is 5.48. The molecular formula is C22H18Cl2N2S2. The van der Waals surface area contributed by atoms with E-state index >= 15 is 0 Å². The number of thiocarbonyl (C=S) groups is 2. The fraction of sp³-hybridized carbons (Fsp3) is 0.0909. The van der Waals surface area contributed by atoms with Crippen molar-refractivity contribution in [3.05, 3.63) is 93.0 Å².